The van der Waals surface area contributed by atoms with Crippen molar-refractivity contribution in [3.05, 3.63) is 53.5 Å². The molecular weight excluding hydrogens is 353 g/mol. The molecule has 0 saturated heterocycles. The van der Waals surface area contributed by atoms with Crippen molar-refractivity contribution in [1.82, 2.24) is 4.98 Å². The van der Waals surface area contributed by atoms with Gasteiger partial charge in [0.1, 0.15) is 0 Å². The number of hydrogen-bond donors (Lipinski definition) is 0. The van der Waals surface area contributed by atoms with E-state index in [0.29, 0.717) is 12.3 Å². The van der Waals surface area contributed by atoms with Gasteiger partial charge in [0.2, 0.25) is 10.6 Å². The zero-order chi connectivity index (χ0) is 16.2. The molecule has 0 spiro atoms. The van der Waals surface area contributed by atoms with Gasteiger partial charge in [-0.2, -0.15) is 0 Å². The van der Waals surface area contributed by atoms with E-state index in [2.05, 4.69) is 20.9 Å². The quantitative estimate of drug-likeness (QED) is 0.564. The Bertz CT molecular complexity index is 647. The van der Waals surface area contributed by atoms with Crippen molar-refractivity contribution in [2.75, 3.05) is 14.2 Å². The van der Waals surface area contributed by atoms with Crippen molar-refractivity contribution in [3.8, 4) is 11.6 Å². The van der Waals surface area contributed by atoms with Gasteiger partial charge in [-0.3, -0.25) is 0 Å². The summed E-state index contributed by atoms with van der Waals surface area (Å²) in [5.41, 5.74) is 1.59. The first-order valence-electron chi connectivity index (χ1n) is 6.65. The summed E-state index contributed by atoms with van der Waals surface area (Å²) in [5.74, 6) is -0.000595. The molecule has 0 aliphatic carbocycles. The third-order valence-corrected chi connectivity index (χ3v) is 4.03. The number of ether oxygens (including phenoxy) is 3. The summed E-state index contributed by atoms with van der Waals surface area (Å²) in [6, 6.07) is 9.93. The summed E-state index contributed by atoms with van der Waals surface area (Å²) >= 11 is 3.35. The Morgan fingerprint density at radius 2 is 1.91 bits per heavy atom. The number of alkyl halides is 1. The molecule has 0 aliphatic rings. The number of aromatic nitrogens is 1. The second-order valence-corrected chi connectivity index (χ2v) is 5.94. The smallest absolute Gasteiger partial charge is 0.230 e. The molecular formula is C16H17BrFNO3. The van der Waals surface area contributed by atoms with Crippen LogP contribution in [-0.4, -0.2) is 23.9 Å². The van der Waals surface area contributed by atoms with Crippen LogP contribution >= 0.6 is 15.9 Å². The van der Waals surface area contributed by atoms with Gasteiger partial charge in [0.15, 0.2) is 11.6 Å². The predicted molar refractivity (Wildman–Crippen MR) is 84.8 cm³/mol. The lowest BCUT2D eigenvalue weighted by atomic mass is 10.1. The molecule has 1 aromatic carbocycles. The van der Waals surface area contributed by atoms with E-state index in [1.54, 1.807) is 24.3 Å². The lowest BCUT2D eigenvalue weighted by molar-refractivity contribution is -0.126. The predicted octanol–water partition coefficient (Wildman–Crippen LogP) is 4.21. The van der Waals surface area contributed by atoms with Crippen LogP contribution in [0.25, 0.3) is 0 Å². The molecule has 6 heteroatoms. The summed E-state index contributed by atoms with van der Waals surface area (Å²) < 4.78 is 29.0. The molecule has 0 bridgehead atoms. The van der Waals surface area contributed by atoms with E-state index in [4.69, 9.17) is 14.2 Å². The molecule has 0 fully saturated rings. The van der Waals surface area contributed by atoms with Crippen LogP contribution in [-0.2, 0) is 15.9 Å². The Morgan fingerprint density at radius 3 is 2.55 bits per heavy atom. The third kappa shape index (κ3) is 4.25. The van der Waals surface area contributed by atoms with Crippen molar-refractivity contribution < 1.29 is 18.6 Å². The summed E-state index contributed by atoms with van der Waals surface area (Å²) in [4.78, 5) is 4.20. The van der Waals surface area contributed by atoms with E-state index in [-0.39, 0.29) is 5.75 Å². The molecule has 0 saturated carbocycles. The van der Waals surface area contributed by atoms with E-state index in [9.17, 15) is 4.39 Å². The van der Waals surface area contributed by atoms with Crippen LogP contribution in [0.3, 0.4) is 0 Å². The van der Waals surface area contributed by atoms with Crippen LogP contribution in [0.5, 0.6) is 11.6 Å². The zero-order valence-corrected chi connectivity index (χ0v) is 14.2. The Balaban J connectivity index is 2.23. The highest BCUT2D eigenvalue weighted by atomic mass is 79.9. The molecule has 1 aromatic heterocycles. The topological polar surface area (TPSA) is 40.6 Å². The van der Waals surface area contributed by atoms with E-state index < -0.39 is 10.5 Å². The average Bonchev–Trinajstić information content (AvgIpc) is 2.50. The monoisotopic (exact) mass is 369 g/mol. The molecule has 1 heterocycles. The van der Waals surface area contributed by atoms with Gasteiger partial charge < -0.3 is 14.2 Å². The lowest BCUT2D eigenvalue weighted by Crippen LogP contribution is -2.28. The Morgan fingerprint density at radius 1 is 1.18 bits per heavy atom. The van der Waals surface area contributed by atoms with Crippen molar-refractivity contribution in [2.24, 2.45) is 0 Å². The van der Waals surface area contributed by atoms with Gasteiger partial charge in [0.25, 0.3) is 0 Å². The van der Waals surface area contributed by atoms with Crippen LogP contribution in [0.2, 0.25) is 0 Å². The number of pyridine rings is 1. The normalized spacial score (nSPS) is 11.5. The van der Waals surface area contributed by atoms with Crippen LogP contribution in [0.4, 0.5) is 4.39 Å². The van der Waals surface area contributed by atoms with E-state index >= 15 is 0 Å². The highest BCUT2D eigenvalue weighted by Crippen LogP contribution is 2.29. The number of nitrogens with zero attached hydrogens (tertiary/aromatic N) is 1. The molecule has 118 valence electrons. The maximum Gasteiger partial charge on any atom is 0.230 e. The minimum Gasteiger partial charge on any atom is -0.436 e. The van der Waals surface area contributed by atoms with Crippen LogP contribution < -0.4 is 4.74 Å². The molecule has 0 N–H and O–H groups in total. The maximum absolute atomic E-state index is 13.9. The van der Waals surface area contributed by atoms with Gasteiger partial charge in [-0.15, -0.1) is 0 Å². The Kier molecular flexibility index (Phi) is 5.50. The summed E-state index contributed by atoms with van der Waals surface area (Å²) in [6.45, 7) is 1.84. The first kappa shape index (κ1) is 16.9. The number of halogens is 2. The molecule has 0 atom stereocenters. The highest BCUT2D eigenvalue weighted by molar-refractivity contribution is 9.10. The van der Waals surface area contributed by atoms with Gasteiger partial charge in [-0.25, -0.2) is 9.37 Å². The number of hydrogen-bond acceptors (Lipinski definition) is 4. The third-order valence-electron chi connectivity index (χ3n) is 3.10. The molecule has 0 unspecified atom stereocenters. The second kappa shape index (κ2) is 7.17. The van der Waals surface area contributed by atoms with Crippen LogP contribution in [0.15, 0.2) is 36.4 Å². The lowest BCUT2D eigenvalue weighted by Gasteiger charge is -2.24. The summed E-state index contributed by atoms with van der Waals surface area (Å²) in [6.07, 6.45) is 0.387. The van der Waals surface area contributed by atoms with E-state index in [1.165, 1.54) is 20.3 Å². The molecule has 2 aromatic rings. The van der Waals surface area contributed by atoms with Crippen LogP contribution in [0.1, 0.15) is 11.3 Å². The number of methoxy groups -OCH3 is 2. The fourth-order valence-corrected chi connectivity index (χ4v) is 2.22. The van der Waals surface area contributed by atoms with Gasteiger partial charge in [0.05, 0.1) is 0 Å². The van der Waals surface area contributed by atoms with Crippen molar-refractivity contribution in [3.63, 3.8) is 0 Å². The van der Waals surface area contributed by atoms with E-state index in [0.717, 1.165) is 11.3 Å². The molecule has 22 heavy (non-hydrogen) atoms. The minimum atomic E-state index is -0.955. The van der Waals surface area contributed by atoms with Crippen LogP contribution in [0, 0.1) is 12.7 Å². The second-order valence-electron chi connectivity index (χ2n) is 4.73. The first-order valence-corrected chi connectivity index (χ1v) is 7.44. The fourth-order valence-electron chi connectivity index (χ4n) is 1.89. The first-order chi connectivity index (χ1) is 10.5. The molecule has 2 rings (SSSR count). The Labute approximate surface area is 137 Å². The van der Waals surface area contributed by atoms with Crippen molar-refractivity contribution in [2.45, 2.75) is 18.0 Å². The van der Waals surface area contributed by atoms with Crippen molar-refractivity contribution >= 4 is 15.9 Å². The molecule has 4 nitrogen and oxygen atoms in total. The molecule has 0 amide bonds. The SMILES string of the molecule is COC(Br)(Cc1ccc(F)c(Oc2cccc(C)n2)c1)OC. The summed E-state index contributed by atoms with van der Waals surface area (Å²) in [7, 11) is 3.05. The van der Waals surface area contributed by atoms with Gasteiger partial charge >= 0.3 is 0 Å². The fraction of sp³-hybridized carbons (Fsp3) is 0.312. The minimum absolute atomic E-state index is 0.109. The number of rotatable bonds is 6. The number of benzene rings is 1. The maximum atomic E-state index is 13.9. The average molecular weight is 370 g/mol. The van der Waals surface area contributed by atoms with Crippen molar-refractivity contribution in [1.29, 1.82) is 0 Å². The van der Waals surface area contributed by atoms with Gasteiger partial charge in [0, 0.05) is 32.4 Å². The Hall–Kier alpha value is -1.50. The number of aryl methyl sites for hydroxylation is 1. The zero-order valence-electron chi connectivity index (χ0n) is 12.6. The molecule has 0 aliphatic heterocycles. The largest absolute Gasteiger partial charge is 0.436 e. The standard InChI is InChI=1S/C16H17BrFNO3/c1-11-5-4-6-15(19-11)22-14-9-12(7-8-13(14)18)10-16(17,20-2)21-3/h4-9H,10H2,1-3H3. The van der Waals surface area contributed by atoms with E-state index in [1.807, 2.05) is 13.0 Å². The van der Waals surface area contributed by atoms with Gasteiger partial charge in [-0.05, 0) is 46.6 Å². The summed E-state index contributed by atoms with van der Waals surface area (Å²) in [5, 5.41) is 0. The molecule has 0 radical (unpaired) electrons. The van der Waals surface area contributed by atoms with Gasteiger partial charge in [-0.1, -0.05) is 12.1 Å². The highest BCUT2D eigenvalue weighted by Gasteiger charge is 2.26.